The van der Waals surface area contributed by atoms with Crippen LogP contribution >= 0.6 is 0 Å². The third-order valence-electron chi connectivity index (χ3n) is 3.19. The summed E-state index contributed by atoms with van der Waals surface area (Å²) in [5.41, 5.74) is 10.7. The van der Waals surface area contributed by atoms with Crippen molar-refractivity contribution in [1.29, 1.82) is 0 Å². The van der Waals surface area contributed by atoms with E-state index >= 15 is 0 Å². The summed E-state index contributed by atoms with van der Waals surface area (Å²) in [7, 11) is 0. The van der Waals surface area contributed by atoms with Crippen molar-refractivity contribution in [1.82, 2.24) is 0 Å². The number of unbranched alkanes of at least 4 members (excludes halogenated alkanes) is 11. The lowest BCUT2D eigenvalue weighted by atomic mass is 10.1. The molecule has 0 aliphatic carbocycles. The van der Waals surface area contributed by atoms with Crippen molar-refractivity contribution in [3.05, 3.63) is 11.9 Å². The van der Waals surface area contributed by atoms with Crippen LogP contribution in [0.25, 0.3) is 0 Å². The van der Waals surface area contributed by atoms with Crippen molar-refractivity contribution in [3.8, 4) is 0 Å². The molecule has 0 heterocycles. The van der Waals surface area contributed by atoms with Gasteiger partial charge in [0.1, 0.15) is 0 Å². The molecule has 102 valence electrons. The average molecular weight is 240 g/mol. The van der Waals surface area contributed by atoms with E-state index in [1.165, 1.54) is 70.6 Å². The van der Waals surface area contributed by atoms with Crippen LogP contribution in [0.15, 0.2) is 11.9 Å². The Hall–Kier alpha value is -0.660. The van der Waals surface area contributed by atoms with E-state index in [0.717, 1.165) is 6.42 Å². The summed E-state index contributed by atoms with van der Waals surface area (Å²) in [4.78, 5) is 0. The summed E-state index contributed by atoms with van der Waals surface area (Å²) >= 11 is 0. The van der Waals surface area contributed by atoms with Crippen molar-refractivity contribution in [2.24, 2.45) is 11.5 Å². The number of allylic oxidation sites excluding steroid dienone is 1. The minimum atomic E-state index is 0.470. The van der Waals surface area contributed by atoms with E-state index in [2.05, 4.69) is 6.92 Å². The van der Waals surface area contributed by atoms with E-state index in [-0.39, 0.29) is 0 Å². The van der Waals surface area contributed by atoms with Gasteiger partial charge >= 0.3 is 0 Å². The van der Waals surface area contributed by atoms with Crippen molar-refractivity contribution < 1.29 is 0 Å². The summed E-state index contributed by atoms with van der Waals surface area (Å²) in [5.74, 6) is 0.470. The summed E-state index contributed by atoms with van der Waals surface area (Å²) in [6.07, 6.45) is 18.2. The highest BCUT2D eigenvalue weighted by molar-refractivity contribution is 4.89. The van der Waals surface area contributed by atoms with E-state index in [0.29, 0.717) is 5.82 Å². The second-order valence-electron chi connectivity index (χ2n) is 5.03. The molecular weight excluding hydrogens is 208 g/mol. The molecule has 0 amide bonds. The maximum absolute atomic E-state index is 5.36. The minimum absolute atomic E-state index is 0.470. The highest BCUT2D eigenvalue weighted by atomic mass is 14.8. The van der Waals surface area contributed by atoms with E-state index in [1.807, 2.05) is 6.08 Å². The molecule has 0 saturated carbocycles. The Morgan fingerprint density at radius 2 is 1.12 bits per heavy atom. The highest BCUT2D eigenvalue weighted by Crippen LogP contribution is 2.11. The molecule has 0 aliphatic rings. The number of rotatable bonds is 12. The Kier molecular flexibility index (Phi) is 12.9. The zero-order chi connectivity index (χ0) is 12.8. The molecule has 0 aromatic rings. The van der Waals surface area contributed by atoms with E-state index in [9.17, 15) is 0 Å². The predicted molar refractivity (Wildman–Crippen MR) is 77.5 cm³/mol. The molecule has 0 radical (unpaired) electrons. The Bertz CT molecular complexity index is 172. The van der Waals surface area contributed by atoms with Gasteiger partial charge in [-0.25, -0.2) is 0 Å². The fraction of sp³-hybridized carbons (Fsp3) is 0.867. The van der Waals surface area contributed by atoms with Gasteiger partial charge in [0.25, 0.3) is 0 Å². The van der Waals surface area contributed by atoms with Crippen molar-refractivity contribution in [3.63, 3.8) is 0 Å². The Balaban J connectivity index is 2.96. The first-order chi connectivity index (χ1) is 8.27. The van der Waals surface area contributed by atoms with E-state index in [4.69, 9.17) is 11.5 Å². The molecule has 0 atom stereocenters. The Labute approximate surface area is 108 Å². The maximum Gasteiger partial charge on any atom is 0.0892 e. The molecule has 0 spiro atoms. The van der Waals surface area contributed by atoms with Gasteiger partial charge < -0.3 is 11.5 Å². The average Bonchev–Trinajstić information content (AvgIpc) is 2.30. The summed E-state index contributed by atoms with van der Waals surface area (Å²) < 4.78 is 0. The van der Waals surface area contributed by atoms with Crippen LogP contribution in [-0.2, 0) is 0 Å². The number of hydrogen-bond donors (Lipinski definition) is 2. The first-order valence-corrected chi connectivity index (χ1v) is 7.48. The quantitative estimate of drug-likeness (QED) is 0.495. The smallest absolute Gasteiger partial charge is 0.0892 e. The summed E-state index contributed by atoms with van der Waals surface area (Å²) in [6.45, 7) is 2.27. The first-order valence-electron chi connectivity index (χ1n) is 7.48. The van der Waals surface area contributed by atoms with Gasteiger partial charge in [-0.15, -0.1) is 0 Å². The van der Waals surface area contributed by atoms with E-state index < -0.39 is 0 Å². The fourth-order valence-corrected chi connectivity index (χ4v) is 2.08. The van der Waals surface area contributed by atoms with Gasteiger partial charge in [-0.05, 0) is 18.9 Å². The summed E-state index contributed by atoms with van der Waals surface area (Å²) in [6, 6.07) is 0. The molecule has 0 unspecified atom stereocenters. The van der Waals surface area contributed by atoms with Crippen LogP contribution < -0.4 is 11.5 Å². The second-order valence-corrected chi connectivity index (χ2v) is 5.03. The molecule has 2 heteroatoms. The number of nitrogens with two attached hydrogens (primary N) is 2. The number of hydrogen-bond acceptors (Lipinski definition) is 2. The molecule has 0 fully saturated rings. The summed E-state index contributed by atoms with van der Waals surface area (Å²) in [5, 5.41) is 0. The predicted octanol–water partition coefficient (Wildman–Crippen LogP) is 4.45. The third kappa shape index (κ3) is 15.3. The molecular formula is C15H32N2. The standard InChI is InChI=1S/C15H32N2/c1-2-3-4-5-6-7-8-9-10-11-12-13-14-15(16)17/h14H,2-13,16-17H2,1H3. The van der Waals surface area contributed by atoms with Crippen LogP contribution in [-0.4, -0.2) is 0 Å². The zero-order valence-corrected chi connectivity index (χ0v) is 11.7. The van der Waals surface area contributed by atoms with Crippen LogP contribution in [0.1, 0.15) is 84.0 Å². The molecule has 0 aliphatic heterocycles. The van der Waals surface area contributed by atoms with Crippen LogP contribution in [0.5, 0.6) is 0 Å². The molecule has 2 nitrogen and oxygen atoms in total. The molecule has 17 heavy (non-hydrogen) atoms. The van der Waals surface area contributed by atoms with E-state index in [1.54, 1.807) is 0 Å². The normalized spacial score (nSPS) is 10.4. The van der Waals surface area contributed by atoms with Crippen molar-refractivity contribution in [2.45, 2.75) is 84.0 Å². The van der Waals surface area contributed by atoms with Gasteiger partial charge in [0, 0.05) is 0 Å². The molecule has 0 aromatic heterocycles. The zero-order valence-electron chi connectivity index (χ0n) is 11.7. The molecule has 0 aromatic carbocycles. The first kappa shape index (κ1) is 16.3. The lowest BCUT2D eigenvalue weighted by molar-refractivity contribution is 0.550. The molecule has 0 saturated heterocycles. The van der Waals surface area contributed by atoms with Gasteiger partial charge in [-0.3, -0.25) is 0 Å². The monoisotopic (exact) mass is 240 g/mol. The van der Waals surface area contributed by atoms with Gasteiger partial charge in [-0.1, -0.05) is 71.1 Å². The third-order valence-corrected chi connectivity index (χ3v) is 3.19. The molecule has 0 bridgehead atoms. The van der Waals surface area contributed by atoms with Gasteiger partial charge in [0.05, 0.1) is 5.82 Å². The highest BCUT2D eigenvalue weighted by Gasteiger charge is 1.92. The lowest BCUT2D eigenvalue weighted by Gasteiger charge is -2.01. The lowest BCUT2D eigenvalue weighted by Crippen LogP contribution is -2.07. The van der Waals surface area contributed by atoms with Crippen molar-refractivity contribution >= 4 is 0 Å². The van der Waals surface area contributed by atoms with Crippen LogP contribution in [0.2, 0.25) is 0 Å². The minimum Gasteiger partial charge on any atom is -0.386 e. The fourth-order valence-electron chi connectivity index (χ4n) is 2.08. The Morgan fingerprint density at radius 1 is 0.706 bits per heavy atom. The van der Waals surface area contributed by atoms with Crippen molar-refractivity contribution in [2.75, 3.05) is 0 Å². The molecule has 4 N–H and O–H groups in total. The largest absolute Gasteiger partial charge is 0.386 e. The van der Waals surface area contributed by atoms with Crippen LogP contribution in [0.4, 0.5) is 0 Å². The van der Waals surface area contributed by atoms with Gasteiger partial charge in [0.15, 0.2) is 0 Å². The second kappa shape index (κ2) is 13.4. The molecule has 0 rings (SSSR count). The Morgan fingerprint density at radius 3 is 1.53 bits per heavy atom. The SMILES string of the molecule is CCCCCCCCCCCCCC=C(N)N. The topological polar surface area (TPSA) is 52.0 Å². The van der Waals surface area contributed by atoms with Gasteiger partial charge in [-0.2, -0.15) is 0 Å². The van der Waals surface area contributed by atoms with Crippen LogP contribution in [0, 0.1) is 0 Å². The van der Waals surface area contributed by atoms with Crippen LogP contribution in [0.3, 0.4) is 0 Å². The maximum atomic E-state index is 5.36. The van der Waals surface area contributed by atoms with Gasteiger partial charge in [0.2, 0.25) is 0 Å².